The van der Waals surface area contributed by atoms with Gasteiger partial charge in [-0.25, -0.2) is 4.98 Å². The van der Waals surface area contributed by atoms with Gasteiger partial charge >= 0.3 is 0 Å². The zero-order chi connectivity index (χ0) is 25.2. The highest BCUT2D eigenvalue weighted by molar-refractivity contribution is 8.26. The van der Waals surface area contributed by atoms with Crippen molar-refractivity contribution in [1.29, 1.82) is 0 Å². The van der Waals surface area contributed by atoms with E-state index in [-0.39, 0.29) is 24.6 Å². The number of aliphatic hydroxyl groups is 1. The fourth-order valence-electron chi connectivity index (χ4n) is 4.35. The molecule has 2 fully saturated rings. The Hall–Kier alpha value is -2.76. The number of fused-ring (bicyclic) bond motifs is 1. The van der Waals surface area contributed by atoms with Crippen molar-refractivity contribution in [3.63, 3.8) is 0 Å². The number of pyridine rings is 1. The van der Waals surface area contributed by atoms with Gasteiger partial charge < -0.3 is 10.0 Å². The smallest absolute Gasteiger partial charge is 0.267 e. The van der Waals surface area contributed by atoms with Gasteiger partial charge in [0, 0.05) is 43.9 Å². The molecule has 186 valence electrons. The van der Waals surface area contributed by atoms with Crippen LogP contribution in [0.15, 0.2) is 58.4 Å². The first-order valence-electron chi connectivity index (χ1n) is 11.5. The van der Waals surface area contributed by atoms with Gasteiger partial charge in [0.25, 0.3) is 11.5 Å². The summed E-state index contributed by atoms with van der Waals surface area (Å²) in [4.78, 5) is 37.9. The second-order valence-corrected chi connectivity index (χ2v) is 10.6. The van der Waals surface area contributed by atoms with Crippen molar-refractivity contribution >= 4 is 63.3 Å². The number of rotatable bonds is 6. The molecule has 36 heavy (non-hydrogen) atoms. The van der Waals surface area contributed by atoms with E-state index in [4.69, 9.17) is 28.8 Å². The minimum absolute atomic E-state index is 0.108. The molecule has 2 saturated heterocycles. The molecule has 0 unspecified atom stereocenters. The van der Waals surface area contributed by atoms with Crippen molar-refractivity contribution in [2.45, 2.75) is 6.54 Å². The van der Waals surface area contributed by atoms with Crippen molar-refractivity contribution in [1.82, 2.24) is 19.2 Å². The van der Waals surface area contributed by atoms with Gasteiger partial charge in [0.1, 0.15) is 15.8 Å². The Balaban J connectivity index is 1.51. The second-order valence-electron chi connectivity index (χ2n) is 8.49. The highest BCUT2D eigenvalue weighted by atomic mass is 35.5. The van der Waals surface area contributed by atoms with Gasteiger partial charge in [-0.2, -0.15) is 0 Å². The fourth-order valence-corrected chi connectivity index (χ4v) is 5.78. The minimum atomic E-state index is -0.263. The monoisotopic (exact) mass is 541 g/mol. The summed E-state index contributed by atoms with van der Waals surface area (Å²) in [5.74, 6) is 0.285. The summed E-state index contributed by atoms with van der Waals surface area (Å²) in [6.45, 7) is 3.79. The molecule has 0 radical (unpaired) electrons. The Kier molecular flexibility index (Phi) is 7.40. The molecule has 0 spiro atoms. The maximum absolute atomic E-state index is 13.6. The van der Waals surface area contributed by atoms with Gasteiger partial charge in [0.15, 0.2) is 0 Å². The first kappa shape index (κ1) is 24.9. The Morgan fingerprint density at radius 3 is 2.58 bits per heavy atom. The average Bonchev–Trinajstić information content (AvgIpc) is 3.15. The average molecular weight is 542 g/mol. The van der Waals surface area contributed by atoms with Crippen molar-refractivity contribution in [3.05, 3.63) is 80.1 Å². The number of carbonyl (C=O) groups is 1. The molecule has 2 aliphatic rings. The van der Waals surface area contributed by atoms with Crippen LogP contribution in [0.25, 0.3) is 11.7 Å². The number of benzene rings is 1. The van der Waals surface area contributed by atoms with Crippen molar-refractivity contribution in [2.75, 3.05) is 44.2 Å². The number of piperazine rings is 1. The van der Waals surface area contributed by atoms with Crippen LogP contribution >= 0.6 is 35.6 Å². The summed E-state index contributed by atoms with van der Waals surface area (Å²) in [5.41, 5.74) is 1.45. The van der Waals surface area contributed by atoms with Crippen LogP contribution in [-0.2, 0) is 11.3 Å². The molecule has 3 aromatic rings. The summed E-state index contributed by atoms with van der Waals surface area (Å²) >= 11 is 13.0. The maximum atomic E-state index is 13.6. The highest BCUT2D eigenvalue weighted by Gasteiger charge is 2.33. The SMILES string of the molecule is O=C1/C(=C/c2c(N3CCN(CCO)CC3)nc3ccccn3c2=O)SC(=S)N1Cc1ccccc1Cl. The van der Waals surface area contributed by atoms with Crippen molar-refractivity contribution < 1.29 is 9.90 Å². The molecule has 1 N–H and O–H groups in total. The van der Waals surface area contributed by atoms with E-state index in [0.717, 1.165) is 18.7 Å². The summed E-state index contributed by atoms with van der Waals surface area (Å²) in [6.07, 6.45) is 3.30. The summed E-state index contributed by atoms with van der Waals surface area (Å²) in [6, 6.07) is 12.7. The van der Waals surface area contributed by atoms with E-state index < -0.39 is 0 Å². The van der Waals surface area contributed by atoms with Gasteiger partial charge in [-0.1, -0.05) is 59.8 Å². The molecule has 2 aromatic heterocycles. The van der Waals surface area contributed by atoms with Crippen LogP contribution in [0.1, 0.15) is 11.1 Å². The number of hydrogen-bond donors (Lipinski definition) is 1. The number of aromatic nitrogens is 2. The maximum Gasteiger partial charge on any atom is 0.267 e. The van der Waals surface area contributed by atoms with Gasteiger partial charge in [0.05, 0.1) is 23.6 Å². The molecule has 5 rings (SSSR count). The van der Waals surface area contributed by atoms with Crippen LogP contribution in [-0.4, -0.2) is 73.8 Å². The lowest BCUT2D eigenvalue weighted by Gasteiger charge is -2.35. The lowest BCUT2D eigenvalue weighted by molar-refractivity contribution is -0.122. The highest BCUT2D eigenvalue weighted by Crippen LogP contribution is 2.35. The Bertz CT molecular complexity index is 1420. The quantitative estimate of drug-likeness (QED) is 0.377. The first-order valence-corrected chi connectivity index (χ1v) is 13.1. The molecule has 0 saturated carbocycles. The van der Waals surface area contributed by atoms with Crippen LogP contribution in [0.2, 0.25) is 5.02 Å². The second kappa shape index (κ2) is 10.7. The molecule has 1 amide bonds. The van der Waals surface area contributed by atoms with Crippen molar-refractivity contribution in [2.24, 2.45) is 0 Å². The third kappa shape index (κ3) is 4.91. The predicted octanol–water partition coefficient (Wildman–Crippen LogP) is 2.86. The minimum Gasteiger partial charge on any atom is -0.395 e. The number of β-amino-alcohol motifs (C(OH)–C–C–N with tert-alkyl or cyclic N) is 1. The van der Waals surface area contributed by atoms with E-state index in [1.807, 2.05) is 24.3 Å². The molecule has 4 heterocycles. The molecule has 0 bridgehead atoms. The standard InChI is InChI=1S/C25H24ClN5O3S2/c26-19-6-2-1-5-17(19)16-31-24(34)20(36-25(31)35)15-18-22(29-11-9-28(10-12-29)13-14-32)27-21-7-3-4-8-30(21)23(18)33/h1-8,15,32H,9-14,16H2/b20-15-. The largest absolute Gasteiger partial charge is 0.395 e. The molecule has 1 aromatic carbocycles. The number of aliphatic hydroxyl groups excluding tert-OH is 1. The van der Waals surface area contributed by atoms with Gasteiger partial charge in [0.2, 0.25) is 0 Å². The lowest BCUT2D eigenvalue weighted by Crippen LogP contribution is -2.48. The number of halogens is 1. The number of hydrogen-bond acceptors (Lipinski definition) is 8. The number of nitrogens with zero attached hydrogens (tertiary/aromatic N) is 5. The van der Waals surface area contributed by atoms with Crippen molar-refractivity contribution in [3.8, 4) is 0 Å². The number of carbonyl (C=O) groups excluding carboxylic acids is 1. The van der Waals surface area contributed by atoms with Crippen LogP contribution in [0, 0.1) is 0 Å². The molecule has 0 aliphatic carbocycles. The Labute approximate surface area is 222 Å². The number of thiocarbonyl (C=S) groups is 1. The van der Waals surface area contributed by atoms with Gasteiger partial charge in [-0.05, 0) is 29.8 Å². The lowest BCUT2D eigenvalue weighted by atomic mass is 10.2. The first-order chi connectivity index (χ1) is 17.5. The predicted molar refractivity (Wildman–Crippen MR) is 147 cm³/mol. The van der Waals surface area contributed by atoms with Crippen LogP contribution in [0.3, 0.4) is 0 Å². The van der Waals surface area contributed by atoms with Crippen LogP contribution < -0.4 is 10.5 Å². The molecule has 0 atom stereocenters. The zero-order valence-electron chi connectivity index (χ0n) is 19.3. The zero-order valence-corrected chi connectivity index (χ0v) is 21.7. The Morgan fingerprint density at radius 2 is 1.83 bits per heavy atom. The van der Waals surface area contributed by atoms with E-state index in [0.29, 0.717) is 50.9 Å². The molecular formula is C25H24ClN5O3S2. The molecule has 2 aliphatic heterocycles. The number of amides is 1. The topological polar surface area (TPSA) is 81.4 Å². The summed E-state index contributed by atoms with van der Waals surface area (Å²) in [7, 11) is 0. The Morgan fingerprint density at radius 1 is 1.08 bits per heavy atom. The molecule has 8 nitrogen and oxygen atoms in total. The van der Waals surface area contributed by atoms with E-state index in [1.165, 1.54) is 21.1 Å². The van der Waals surface area contributed by atoms with Gasteiger partial charge in [-0.15, -0.1) is 0 Å². The van der Waals surface area contributed by atoms with Crippen LogP contribution in [0.5, 0.6) is 0 Å². The van der Waals surface area contributed by atoms with Crippen LogP contribution in [0.4, 0.5) is 5.82 Å². The molecular weight excluding hydrogens is 518 g/mol. The van der Waals surface area contributed by atoms with E-state index in [2.05, 4.69) is 9.80 Å². The fraction of sp³-hybridized carbons (Fsp3) is 0.280. The van der Waals surface area contributed by atoms with E-state index in [1.54, 1.807) is 30.5 Å². The van der Waals surface area contributed by atoms with E-state index >= 15 is 0 Å². The van der Waals surface area contributed by atoms with E-state index in [9.17, 15) is 14.7 Å². The third-order valence-corrected chi connectivity index (χ3v) is 8.02. The summed E-state index contributed by atoms with van der Waals surface area (Å²) < 4.78 is 1.90. The summed E-state index contributed by atoms with van der Waals surface area (Å²) in [5, 5.41) is 9.83. The molecule has 11 heteroatoms. The third-order valence-electron chi connectivity index (χ3n) is 6.27. The normalized spacial score (nSPS) is 18.1. The number of anilines is 1. The number of thioether (sulfide) groups is 1. The van der Waals surface area contributed by atoms with Gasteiger partial charge in [-0.3, -0.25) is 23.8 Å².